The minimum absolute atomic E-state index is 0.000555. The number of benzene rings is 1. The van der Waals surface area contributed by atoms with Crippen LogP contribution in [0.3, 0.4) is 0 Å². The highest BCUT2D eigenvalue weighted by Crippen LogP contribution is 2.31. The van der Waals surface area contributed by atoms with Crippen LogP contribution in [0.4, 0.5) is 5.82 Å². The van der Waals surface area contributed by atoms with E-state index in [2.05, 4.69) is 10.5 Å². The van der Waals surface area contributed by atoms with Crippen molar-refractivity contribution < 1.29 is 24.0 Å². The first-order valence-corrected chi connectivity index (χ1v) is 8.86. The number of likely N-dealkylation sites (tertiary alicyclic amines) is 1. The zero-order valence-corrected chi connectivity index (χ0v) is 15.4. The molecule has 1 unspecified atom stereocenters. The van der Waals surface area contributed by atoms with Gasteiger partial charge in [-0.2, -0.15) is 0 Å². The van der Waals surface area contributed by atoms with Gasteiger partial charge in [-0.15, -0.1) is 0 Å². The smallest absolute Gasteiger partial charge is 0.343 e. The van der Waals surface area contributed by atoms with E-state index in [4.69, 9.17) is 9.26 Å². The van der Waals surface area contributed by atoms with Crippen LogP contribution in [0.2, 0.25) is 0 Å². The molecule has 0 spiro atoms. The number of hydrogen-bond donors (Lipinski definition) is 2. The summed E-state index contributed by atoms with van der Waals surface area (Å²) in [6.07, 6.45) is 1.91. The minimum atomic E-state index is -1.11. The molecular weight excluding hydrogens is 350 g/mol. The molecule has 0 aliphatic carbocycles. The maximum absolute atomic E-state index is 11.8. The number of anilines is 1. The highest BCUT2D eigenvalue weighted by molar-refractivity contribution is 5.99. The lowest BCUT2D eigenvalue weighted by Crippen LogP contribution is -2.40. The van der Waals surface area contributed by atoms with E-state index in [1.54, 1.807) is 38.3 Å². The van der Waals surface area contributed by atoms with Gasteiger partial charge in [0.05, 0.1) is 7.11 Å². The number of aromatic carboxylic acids is 1. The lowest BCUT2D eigenvalue weighted by atomic mass is 9.98. The maximum atomic E-state index is 11.8. The van der Waals surface area contributed by atoms with E-state index in [9.17, 15) is 14.7 Å². The number of rotatable bonds is 6. The van der Waals surface area contributed by atoms with Gasteiger partial charge in [0.2, 0.25) is 5.91 Å². The first-order chi connectivity index (χ1) is 13.0. The molecule has 0 radical (unpaired) electrons. The lowest BCUT2D eigenvalue weighted by Gasteiger charge is -2.32. The Morgan fingerprint density at radius 2 is 2.11 bits per heavy atom. The van der Waals surface area contributed by atoms with Gasteiger partial charge in [0.1, 0.15) is 5.75 Å². The van der Waals surface area contributed by atoms with Crippen molar-refractivity contribution in [3.05, 3.63) is 29.8 Å². The number of carboxylic acids is 1. The fourth-order valence-electron chi connectivity index (χ4n) is 3.31. The topological polar surface area (TPSA) is 105 Å². The number of ether oxygens (including phenoxy) is 1. The number of carboxylic acid groups (broad SMARTS) is 1. The number of methoxy groups -OCH3 is 1. The first-order valence-electron chi connectivity index (χ1n) is 8.86. The number of amides is 1. The van der Waals surface area contributed by atoms with Gasteiger partial charge in [-0.25, -0.2) is 4.79 Å². The summed E-state index contributed by atoms with van der Waals surface area (Å²) in [6, 6.07) is 6.91. The van der Waals surface area contributed by atoms with Crippen LogP contribution >= 0.6 is 0 Å². The number of nitrogens with one attached hydrogen (secondary N) is 1. The minimum Gasteiger partial charge on any atom is -0.497 e. The number of piperidine rings is 1. The molecule has 1 aromatic heterocycles. The number of hydrogen-bond acceptors (Lipinski definition) is 6. The van der Waals surface area contributed by atoms with E-state index in [-0.39, 0.29) is 29.0 Å². The average molecular weight is 373 g/mol. The summed E-state index contributed by atoms with van der Waals surface area (Å²) in [5, 5.41) is 16.6. The van der Waals surface area contributed by atoms with Crippen LogP contribution in [-0.4, -0.2) is 53.8 Å². The summed E-state index contributed by atoms with van der Waals surface area (Å²) in [5.74, 6) is 0.258. The maximum Gasteiger partial charge on any atom is 0.343 e. The number of nitrogens with zero attached hydrogens (tertiary/aromatic N) is 2. The SMILES string of the molecule is COc1ccc(-c2onc(NCC3CCCN(C(C)=O)C3)c2C(=O)O)cc1. The zero-order chi connectivity index (χ0) is 19.4. The second kappa shape index (κ2) is 8.11. The van der Waals surface area contributed by atoms with Gasteiger partial charge >= 0.3 is 5.97 Å². The normalized spacial score (nSPS) is 16.8. The molecule has 1 aliphatic rings. The van der Waals surface area contributed by atoms with Crippen LogP contribution in [0.15, 0.2) is 28.8 Å². The van der Waals surface area contributed by atoms with E-state index < -0.39 is 5.97 Å². The predicted octanol–water partition coefficient (Wildman–Crippen LogP) is 2.72. The van der Waals surface area contributed by atoms with Crippen molar-refractivity contribution in [3.8, 4) is 17.1 Å². The van der Waals surface area contributed by atoms with Gasteiger partial charge in [-0.1, -0.05) is 5.16 Å². The van der Waals surface area contributed by atoms with Gasteiger partial charge in [0.25, 0.3) is 0 Å². The van der Waals surface area contributed by atoms with Crippen LogP contribution in [0, 0.1) is 5.92 Å². The number of carbonyl (C=O) groups is 2. The van der Waals surface area contributed by atoms with E-state index in [1.165, 1.54) is 0 Å². The third-order valence-electron chi connectivity index (χ3n) is 4.78. The number of aromatic nitrogens is 1. The zero-order valence-electron chi connectivity index (χ0n) is 15.4. The average Bonchev–Trinajstić information content (AvgIpc) is 3.11. The molecule has 1 aromatic carbocycles. The highest BCUT2D eigenvalue weighted by Gasteiger charge is 2.26. The van der Waals surface area contributed by atoms with Crippen molar-refractivity contribution in [1.82, 2.24) is 10.1 Å². The van der Waals surface area contributed by atoms with Gasteiger partial charge in [0, 0.05) is 32.1 Å². The number of carbonyl (C=O) groups excluding carboxylic acids is 1. The summed E-state index contributed by atoms with van der Waals surface area (Å²) < 4.78 is 10.4. The molecule has 2 aromatic rings. The fourth-order valence-corrected chi connectivity index (χ4v) is 3.31. The Labute approximate surface area is 157 Å². The molecule has 2 N–H and O–H groups in total. The summed E-state index contributed by atoms with van der Waals surface area (Å²) in [4.78, 5) is 25.2. The van der Waals surface area contributed by atoms with Crippen LogP contribution in [0.1, 0.15) is 30.1 Å². The molecule has 1 aliphatic heterocycles. The Balaban J connectivity index is 1.75. The van der Waals surface area contributed by atoms with Crippen molar-refractivity contribution in [1.29, 1.82) is 0 Å². The third-order valence-corrected chi connectivity index (χ3v) is 4.78. The molecule has 27 heavy (non-hydrogen) atoms. The Morgan fingerprint density at radius 1 is 1.37 bits per heavy atom. The molecule has 1 saturated heterocycles. The van der Waals surface area contributed by atoms with E-state index in [0.29, 0.717) is 24.4 Å². The van der Waals surface area contributed by atoms with Crippen molar-refractivity contribution in [2.24, 2.45) is 5.92 Å². The van der Waals surface area contributed by atoms with Crippen LogP contribution in [-0.2, 0) is 4.79 Å². The van der Waals surface area contributed by atoms with Crippen molar-refractivity contribution >= 4 is 17.7 Å². The molecule has 1 atom stereocenters. The van der Waals surface area contributed by atoms with Gasteiger partial charge in [-0.05, 0) is 43.0 Å². The Hall–Kier alpha value is -3.03. The Bertz CT molecular complexity index is 815. The molecule has 2 heterocycles. The molecule has 144 valence electrons. The van der Waals surface area contributed by atoms with Crippen LogP contribution < -0.4 is 10.1 Å². The fraction of sp³-hybridized carbons (Fsp3) is 0.421. The second-order valence-corrected chi connectivity index (χ2v) is 6.62. The second-order valence-electron chi connectivity index (χ2n) is 6.62. The standard InChI is InChI=1S/C19H23N3O5/c1-12(23)22-9-3-4-13(11-22)10-20-18-16(19(24)25)17(27-21-18)14-5-7-15(26-2)8-6-14/h5-8,13H,3-4,9-11H2,1-2H3,(H,20,21)(H,24,25). The first kappa shape index (κ1) is 18.8. The summed E-state index contributed by atoms with van der Waals surface area (Å²) in [7, 11) is 1.56. The highest BCUT2D eigenvalue weighted by atomic mass is 16.5. The van der Waals surface area contributed by atoms with E-state index >= 15 is 0 Å². The molecule has 1 amide bonds. The van der Waals surface area contributed by atoms with Crippen LogP contribution in [0.5, 0.6) is 5.75 Å². The summed E-state index contributed by atoms with van der Waals surface area (Å²) >= 11 is 0. The molecular formula is C19H23N3O5. The third kappa shape index (κ3) is 4.21. The monoisotopic (exact) mass is 373 g/mol. The van der Waals surface area contributed by atoms with Crippen molar-refractivity contribution in [2.75, 3.05) is 32.1 Å². The largest absolute Gasteiger partial charge is 0.497 e. The summed E-state index contributed by atoms with van der Waals surface area (Å²) in [5.41, 5.74) is 0.605. The molecule has 0 saturated carbocycles. The molecule has 8 nitrogen and oxygen atoms in total. The molecule has 8 heteroatoms. The van der Waals surface area contributed by atoms with E-state index in [1.807, 2.05) is 4.90 Å². The molecule has 1 fully saturated rings. The van der Waals surface area contributed by atoms with Crippen molar-refractivity contribution in [3.63, 3.8) is 0 Å². The van der Waals surface area contributed by atoms with E-state index in [0.717, 1.165) is 19.4 Å². The van der Waals surface area contributed by atoms with Gasteiger partial charge in [0.15, 0.2) is 17.1 Å². The van der Waals surface area contributed by atoms with Crippen LogP contribution in [0.25, 0.3) is 11.3 Å². The van der Waals surface area contributed by atoms with Gasteiger partial charge < -0.3 is 24.6 Å². The Morgan fingerprint density at radius 3 is 2.74 bits per heavy atom. The molecule has 3 rings (SSSR count). The quantitative estimate of drug-likeness (QED) is 0.802. The van der Waals surface area contributed by atoms with Gasteiger partial charge in [-0.3, -0.25) is 4.79 Å². The van der Waals surface area contributed by atoms with Crippen molar-refractivity contribution in [2.45, 2.75) is 19.8 Å². The molecule has 0 bridgehead atoms. The predicted molar refractivity (Wildman–Crippen MR) is 98.9 cm³/mol. The Kier molecular flexibility index (Phi) is 5.63. The lowest BCUT2D eigenvalue weighted by molar-refractivity contribution is -0.130. The summed E-state index contributed by atoms with van der Waals surface area (Å²) in [6.45, 7) is 3.53.